The summed E-state index contributed by atoms with van der Waals surface area (Å²) >= 11 is 0. The maximum absolute atomic E-state index is 10.2. The van der Waals surface area contributed by atoms with E-state index in [1.807, 2.05) is 0 Å². The van der Waals surface area contributed by atoms with E-state index in [9.17, 15) is 15.0 Å². The molecule has 0 saturated carbocycles. The Morgan fingerprint density at radius 3 is 2.32 bits per heavy atom. The van der Waals surface area contributed by atoms with Crippen molar-refractivity contribution >= 4 is 5.97 Å². The summed E-state index contributed by atoms with van der Waals surface area (Å²) in [6.45, 7) is 2.23. The number of carbonyl (C=O) groups excluding carboxylic acids is 1. The van der Waals surface area contributed by atoms with Gasteiger partial charge in [-0.05, 0) is 38.5 Å². The third kappa shape index (κ3) is 20.2. The summed E-state index contributed by atoms with van der Waals surface area (Å²) in [6.07, 6.45) is 17.0. The van der Waals surface area contributed by atoms with Gasteiger partial charge in [0.05, 0.1) is 6.10 Å². The van der Waals surface area contributed by atoms with Gasteiger partial charge in [0.25, 0.3) is 0 Å². The van der Waals surface area contributed by atoms with Gasteiger partial charge in [0.2, 0.25) is 0 Å². The molecule has 1 N–H and O–H groups in total. The van der Waals surface area contributed by atoms with Crippen LogP contribution >= 0.6 is 0 Å². The van der Waals surface area contributed by atoms with E-state index >= 15 is 0 Å². The van der Waals surface area contributed by atoms with E-state index in [-0.39, 0.29) is 42.1 Å². The number of carboxylic acid groups (broad SMARTS) is 1. The van der Waals surface area contributed by atoms with E-state index in [1.165, 1.54) is 38.5 Å². The quantitative estimate of drug-likeness (QED) is 0.275. The zero-order valence-electron chi connectivity index (χ0n) is 14.7. The van der Waals surface area contributed by atoms with Crippen molar-refractivity contribution in [2.24, 2.45) is 0 Å². The van der Waals surface area contributed by atoms with Crippen molar-refractivity contribution in [2.45, 2.75) is 96.5 Å². The molecule has 1 unspecified atom stereocenters. The molecular formula is C18H33NaO3. The van der Waals surface area contributed by atoms with Crippen LogP contribution in [0.2, 0.25) is 0 Å². The van der Waals surface area contributed by atoms with Crippen LogP contribution in [0.25, 0.3) is 0 Å². The van der Waals surface area contributed by atoms with Crippen molar-refractivity contribution in [2.75, 3.05) is 0 Å². The maximum atomic E-state index is 10.2. The second-order valence-corrected chi connectivity index (χ2v) is 5.89. The zero-order valence-corrected chi connectivity index (χ0v) is 16.7. The van der Waals surface area contributed by atoms with Crippen LogP contribution in [0, 0.1) is 0 Å². The molecule has 0 fully saturated rings. The molecule has 22 heavy (non-hydrogen) atoms. The molecule has 0 aromatic carbocycles. The third-order valence-electron chi connectivity index (χ3n) is 3.72. The predicted molar refractivity (Wildman–Crippen MR) is 85.8 cm³/mol. The van der Waals surface area contributed by atoms with Gasteiger partial charge in [-0.2, -0.15) is 0 Å². The molecule has 0 bridgehead atoms. The Kier molecular flexibility index (Phi) is 21.3. The fraction of sp³-hybridized carbons (Fsp3) is 0.833. The summed E-state index contributed by atoms with van der Waals surface area (Å²) in [6, 6.07) is 0. The smallest absolute Gasteiger partial charge is 0.550 e. The number of aliphatic carboxylic acids is 1. The number of carboxylic acids is 1. The Morgan fingerprint density at radius 2 is 1.64 bits per heavy atom. The van der Waals surface area contributed by atoms with E-state index in [0.29, 0.717) is 6.42 Å². The SMILES string of the molecule is CCCCCCCC/C=C\CC(O)CCCCCC(=O)[O-].[Na+]. The van der Waals surface area contributed by atoms with E-state index in [0.717, 1.165) is 32.1 Å². The minimum Gasteiger partial charge on any atom is -0.550 e. The van der Waals surface area contributed by atoms with Crippen LogP contribution < -0.4 is 34.7 Å². The van der Waals surface area contributed by atoms with Crippen LogP contribution in [-0.2, 0) is 4.79 Å². The van der Waals surface area contributed by atoms with Gasteiger partial charge < -0.3 is 15.0 Å². The fourth-order valence-corrected chi connectivity index (χ4v) is 2.36. The van der Waals surface area contributed by atoms with Gasteiger partial charge in [-0.15, -0.1) is 0 Å². The zero-order chi connectivity index (χ0) is 15.8. The molecule has 0 saturated heterocycles. The molecule has 0 radical (unpaired) electrons. The number of hydrogen-bond donors (Lipinski definition) is 1. The third-order valence-corrected chi connectivity index (χ3v) is 3.72. The van der Waals surface area contributed by atoms with Crippen molar-refractivity contribution in [3.05, 3.63) is 12.2 Å². The molecule has 0 aliphatic rings. The predicted octanol–water partition coefficient (Wildman–Crippen LogP) is 0.749. The molecule has 0 aliphatic heterocycles. The summed E-state index contributed by atoms with van der Waals surface area (Å²) < 4.78 is 0. The average molecular weight is 320 g/mol. The Hall–Kier alpha value is 0.170. The van der Waals surface area contributed by atoms with Crippen LogP contribution in [0.1, 0.15) is 90.4 Å². The van der Waals surface area contributed by atoms with Gasteiger partial charge in [0, 0.05) is 5.97 Å². The molecule has 4 heteroatoms. The first-order chi connectivity index (χ1) is 10.2. The van der Waals surface area contributed by atoms with E-state index in [2.05, 4.69) is 19.1 Å². The van der Waals surface area contributed by atoms with Gasteiger partial charge >= 0.3 is 29.6 Å². The molecule has 124 valence electrons. The first-order valence-electron chi connectivity index (χ1n) is 8.69. The molecule has 0 heterocycles. The monoisotopic (exact) mass is 320 g/mol. The second kappa shape index (κ2) is 19.2. The summed E-state index contributed by atoms with van der Waals surface area (Å²) in [7, 11) is 0. The molecule has 0 aromatic rings. The van der Waals surface area contributed by atoms with Gasteiger partial charge in [-0.1, -0.05) is 64.0 Å². The molecular weight excluding hydrogens is 287 g/mol. The molecule has 3 nitrogen and oxygen atoms in total. The van der Waals surface area contributed by atoms with Gasteiger partial charge in [0.1, 0.15) is 0 Å². The topological polar surface area (TPSA) is 60.4 Å². The maximum Gasteiger partial charge on any atom is 1.00 e. The van der Waals surface area contributed by atoms with Gasteiger partial charge in [-0.25, -0.2) is 0 Å². The first-order valence-corrected chi connectivity index (χ1v) is 8.69. The number of hydrogen-bond acceptors (Lipinski definition) is 3. The Morgan fingerprint density at radius 1 is 1.00 bits per heavy atom. The van der Waals surface area contributed by atoms with Crippen LogP contribution in [0.5, 0.6) is 0 Å². The van der Waals surface area contributed by atoms with E-state index < -0.39 is 5.97 Å². The average Bonchev–Trinajstić information content (AvgIpc) is 2.45. The number of aliphatic hydroxyl groups is 1. The molecule has 0 spiro atoms. The molecule has 0 amide bonds. The molecule has 0 rings (SSSR count). The van der Waals surface area contributed by atoms with Gasteiger partial charge in [-0.3, -0.25) is 0 Å². The van der Waals surface area contributed by atoms with Crippen LogP contribution in [0.4, 0.5) is 0 Å². The number of unbranched alkanes of at least 4 members (excludes halogenated alkanes) is 8. The first kappa shape index (κ1) is 24.4. The fourth-order valence-electron chi connectivity index (χ4n) is 2.36. The van der Waals surface area contributed by atoms with Crippen molar-refractivity contribution in [1.82, 2.24) is 0 Å². The van der Waals surface area contributed by atoms with Crippen LogP contribution in [-0.4, -0.2) is 17.2 Å². The number of carbonyl (C=O) groups is 1. The molecule has 1 atom stereocenters. The minimum absolute atomic E-state index is 0. The Labute approximate surface area is 158 Å². The largest absolute Gasteiger partial charge is 1.00 e. The van der Waals surface area contributed by atoms with Crippen LogP contribution in [0.3, 0.4) is 0 Å². The molecule has 0 aromatic heterocycles. The standard InChI is InChI=1S/C18H34O3.Na/c1-2-3-4-5-6-7-8-9-11-14-17(19)15-12-10-13-16-18(20)21;/h9,11,17,19H,2-8,10,12-16H2,1H3,(H,20,21);/q;+1/p-1/b11-9-;. The number of aliphatic hydroxyl groups excluding tert-OH is 1. The van der Waals surface area contributed by atoms with Crippen molar-refractivity contribution in [1.29, 1.82) is 0 Å². The summed E-state index contributed by atoms with van der Waals surface area (Å²) in [5, 5.41) is 20.0. The van der Waals surface area contributed by atoms with Crippen molar-refractivity contribution < 1.29 is 44.6 Å². The number of allylic oxidation sites excluding steroid dienone is 1. The van der Waals surface area contributed by atoms with E-state index in [1.54, 1.807) is 0 Å². The normalized spacial score (nSPS) is 12.3. The Balaban J connectivity index is 0. The van der Waals surface area contributed by atoms with Gasteiger partial charge in [0.15, 0.2) is 0 Å². The Bertz CT molecular complexity index is 267. The van der Waals surface area contributed by atoms with Crippen LogP contribution in [0.15, 0.2) is 12.2 Å². The van der Waals surface area contributed by atoms with Crippen molar-refractivity contribution in [3.63, 3.8) is 0 Å². The van der Waals surface area contributed by atoms with E-state index in [4.69, 9.17) is 0 Å². The number of rotatable bonds is 15. The minimum atomic E-state index is -0.979. The second-order valence-electron chi connectivity index (χ2n) is 5.89. The molecule has 0 aliphatic carbocycles. The van der Waals surface area contributed by atoms with Crippen molar-refractivity contribution in [3.8, 4) is 0 Å². The summed E-state index contributed by atoms with van der Waals surface area (Å²) in [4.78, 5) is 10.2. The summed E-state index contributed by atoms with van der Waals surface area (Å²) in [5.41, 5.74) is 0. The summed E-state index contributed by atoms with van der Waals surface area (Å²) in [5.74, 6) is -0.979.